The molecule has 1 fully saturated rings. The number of hydrogen-bond acceptors (Lipinski definition) is 4. The molecule has 0 bridgehead atoms. The number of aliphatic carboxylic acids is 1. The van der Waals surface area contributed by atoms with Crippen LogP contribution in [0.5, 0.6) is 0 Å². The quantitative estimate of drug-likeness (QED) is 0.901. The summed E-state index contributed by atoms with van der Waals surface area (Å²) in [6, 6.07) is 4.87. The summed E-state index contributed by atoms with van der Waals surface area (Å²) in [7, 11) is 1.58. The van der Waals surface area contributed by atoms with Crippen LogP contribution in [0.15, 0.2) is 18.2 Å². The van der Waals surface area contributed by atoms with Crippen LogP contribution >= 0.6 is 0 Å². The van der Waals surface area contributed by atoms with Crippen molar-refractivity contribution in [2.75, 3.05) is 31.6 Å². The fraction of sp³-hybridized carbons (Fsp3) is 0.562. The average molecular weight is 310 g/mol. The fourth-order valence-corrected chi connectivity index (χ4v) is 2.91. The third-order valence-corrected chi connectivity index (χ3v) is 3.70. The van der Waals surface area contributed by atoms with E-state index in [1.54, 1.807) is 19.2 Å². The number of morpholine rings is 1. The highest BCUT2D eigenvalue weighted by Crippen LogP contribution is 2.22. The van der Waals surface area contributed by atoms with Gasteiger partial charge in [-0.25, -0.2) is 4.39 Å². The molecule has 122 valence electrons. The normalized spacial score (nSPS) is 22.5. The highest BCUT2D eigenvalue weighted by atomic mass is 19.1. The molecule has 1 aromatic carbocycles. The van der Waals surface area contributed by atoms with E-state index in [-0.39, 0.29) is 18.8 Å². The second kappa shape index (κ2) is 7.07. The Morgan fingerprint density at radius 3 is 2.64 bits per heavy atom. The highest BCUT2D eigenvalue weighted by molar-refractivity contribution is 5.73. The molecular formula is C16H23FN2O3. The first-order valence-corrected chi connectivity index (χ1v) is 7.44. The number of carbonyl (C=O) groups is 1. The van der Waals surface area contributed by atoms with Crippen molar-refractivity contribution < 1.29 is 19.0 Å². The molecule has 2 unspecified atom stereocenters. The zero-order chi connectivity index (χ0) is 16.3. The molecule has 0 aliphatic carbocycles. The Bertz CT molecular complexity index is 528. The zero-order valence-electron chi connectivity index (χ0n) is 13.3. The summed E-state index contributed by atoms with van der Waals surface area (Å²) in [6.45, 7) is 6.22. The van der Waals surface area contributed by atoms with Gasteiger partial charge >= 0.3 is 5.97 Å². The minimum absolute atomic E-state index is 0.179. The standard InChI is InChI=1S/C16H23FN2O3/c1-11-7-19(8-12(2)22-11)9-13-4-5-14(17)15(6-13)18(3)10-16(20)21/h4-6,11-12H,7-10H2,1-3H3,(H,20,21). The number of halogens is 1. The smallest absolute Gasteiger partial charge is 0.323 e. The molecule has 1 N–H and O–H groups in total. The van der Waals surface area contributed by atoms with Crippen molar-refractivity contribution in [2.45, 2.75) is 32.6 Å². The maximum Gasteiger partial charge on any atom is 0.323 e. The van der Waals surface area contributed by atoms with Gasteiger partial charge in [-0.1, -0.05) is 6.07 Å². The van der Waals surface area contributed by atoms with E-state index in [0.717, 1.165) is 18.7 Å². The summed E-state index contributed by atoms with van der Waals surface area (Å²) in [4.78, 5) is 14.5. The minimum Gasteiger partial charge on any atom is -0.480 e. The van der Waals surface area contributed by atoms with E-state index in [4.69, 9.17) is 9.84 Å². The molecule has 22 heavy (non-hydrogen) atoms. The largest absolute Gasteiger partial charge is 0.480 e. The summed E-state index contributed by atoms with van der Waals surface area (Å²) >= 11 is 0. The molecule has 0 amide bonds. The van der Waals surface area contributed by atoms with Crippen molar-refractivity contribution >= 4 is 11.7 Å². The van der Waals surface area contributed by atoms with Crippen LogP contribution in [-0.2, 0) is 16.1 Å². The van der Waals surface area contributed by atoms with Gasteiger partial charge in [-0.05, 0) is 31.5 Å². The molecule has 1 saturated heterocycles. The number of carboxylic acids is 1. The molecule has 5 nitrogen and oxygen atoms in total. The van der Waals surface area contributed by atoms with Gasteiger partial charge in [0.05, 0.1) is 17.9 Å². The number of rotatable bonds is 5. The predicted molar refractivity (Wildman–Crippen MR) is 82.6 cm³/mol. The van der Waals surface area contributed by atoms with Crippen LogP contribution in [0, 0.1) is 5.82 Å². The Hall–Kier alpha value is -1.66. The number of nitrogens with zero attached hydrogens (tertiary/aromatic N) is 2. The van der Waals surface area contributed by atoms with Gasteiger partial charge < -0.3 is 14.7 Å². The van der Waals surface area contributed by atoms with Crippen molar-refractivity contribution in [1.29, 1.82) is 0 Å². The van der Waals surface area contributed by atoms with Gasteiger partial charge in [0.25, 0.3) is 0 Å². The molecule has 1 heterocycles. The van der Waals surface area contributed by atoms with Crippen LogP contribution < -0.4 is 4.90 Å². The number of likely N-dealkylation sites (N-methyl/N-ethyl adjacent to an activating group) is 1. The van der Waals surface area contributed by atoms with E-state index in [1.165, 1.54) is 11.0 Å². The lowest BCUT2D eigenvalue weighted by molar-refractivity contribution is -0.135. The maximum atomic E-state index is 13.9. The highest BCUT2D eigenvalue weighted by Gasteiger charge is 2.22. The predicted octanol–water partition coefficient (Wildman–Crippen LogP) is 1.96. The molecule has 0 aromatic heterocycles. The molecule has 0 saturated carbocycles. The first-order chi connectivity index (χ1) is 10.3. The molecule has 2 atom stereocenters. The fourth-order valence-electron chi connectivity index (χ4n) is 2.91. The topological polar surface area (TPSA) is 53.0 Å². The molecule has 1 aliphatic rings. The summed E-state index contributed by atoms with van der Waals surface area (Å²) in [5.41, 5.74) is 1.28. The number of benzene rings is 1. The second-order valence-electron chi connectivity index (χ2n) is 5.99. The summed E-state index contributed by atoms with van der Waals surface area (Å²) in [5, 5.41) is 8.84. The van der Waals surface area contributed by atoms with Crippen LogP contribution in [0.3, 0.4) is 0 Å². The zero-order valence-corrected chi connectivity index (χ0v) is 13.3. The van der Waals surface area contributed by atoms with Crippen LogP contribution in [0.4, 0.5) is 10.1 Å². The van der Waals surface area contributed by atoms with Gasteiger partial charge in [-0.15, -0.1) is 0 Å². The maximum absolute atomic E-state index is 13.9. The van der Waals surface area contributed by atoms with Gasteiger partial charge in [0.2, 0.25) is 0 Å². The average Bonchev–Trinajstić information content (AvgIpc) is 2.39. The number of carboxylic acid groups (broad SMARTS) is 1. The van der Waals surface area contributed by atoms with Crippen LogP contribution in [-0.4, -0.2) is 54.9 Å². The van der Waals surface area contributed by atoms with Crippen LogP contribution in [0.2, 0.25) is 0 Å². The molecule has 0 spiro atoms. The molecular weight excluding hydrogens is 287 g/mol. The number of ether oxygens (including phenoxy) is 1. The van der Waals surface area contributed by atoms with Crippen molar-refractivity contribution in [3.8, 4) is 0 Å². The van der Waals surface area contributed by atoms with Crippen molar-refractivity contribution in [3.63, 3.8) is 0 Å². The third-order valence-electron chi connectivity index (χ3n) is 3.70. The third kappa shape index (κ3) is 4.42. The van der Waals surface area contributed by atoms with E-state index < -0.39 is 11.8 Å². The summed E-state index contributed by atoms with van der Waals surface area (Å²) < 4.78 is 19.6. The van der Waals surface area contributed by atoms with E-state index in [1.807, 2.05) is 13.8 Å². The van der Waals surface area contributed by atoms with Gasteiger partial charge in [-0.3, -0.25) is 9.69 Å². The van der Waals surface area contributed by atoms with E-state index in [2.05, 4.69) is 4.90 Å². The first kappa shape index (κ1) is 16.7. The SMILES string of the molecule is CC1CN(Cc2ccc(F)c(N(C)CC(=O)O)c2)CC(C)O1. The molecule has 1 aromatic rings. The molecule has 2 rings (SSSR count). The lowest BCUT2D eigenvalue weighted by Crippen LogP contribution is -2.44. The Morgan fingerprint density at radius 1 is 1.41 bits per heavy atom. The lowest BCUT2D eigenvalue weighted by atomic mass is 10.1. The van der Waals surface area contributed by atoms with Crippen molar-refractivity contribution in [2.24, 2.45) is 0 Å². The van der Waals surface area contributed by atoms with E-state index in [9.17, 15) is 9.18 Å². The molecule has 1 aliphatic heterocycles. The summed E-state index contributed by atoms with van der Waals surface area (Å²) in [6.07, 6.45) is 0.358. The van der Waals surface area contributed by atoms with Crippen LogP contribution in [0.25, 0.3) is 0 Å². The monoisotopic (exact) mass is 310 g/mol. The van der Waals surface area contributed by atoms with Crippen molar-refractivity contribution in [3.05, 3.63) is 29.6 Å². The first-order valence-electron chi connectivity index (χ1n) is 7.44. The number of anilines is 1. The van der Waals surface area contributed by atoms with Crippen molar-refractivity contribution in [1.82, 2.24) is 4.90 Å². The summed E-state index contributed by atoms with van der Waals surface area (Å²) in [5.74, 6) is -1.39. The second-order valence-corrected chi connectivity index (χ2v) is 5.99. The van der Waals surface area contributed by atoms with E-state index in [0.29, 0.717) is 12.2 Å². The van der Waals surface area contributed by atoms with Gasteiger partial charge in [0, 0.05) is 26.7 Å². The van der Waals surface area contributed by atoms with Crippen LogP contribution in [0.1, 0.15) is 19.4 Å². The number of hydrogen-bond donors (Lipinski definition) is 1. The Balaban J connectivity index is 2.10. The molecule has 0 radical (unpaired) electrons. The Morgan fingerprint density at radius 2 is 2.05 bits per heavy atom. The van der Waals surface area contributed by atoms with Gasteiger partial charge in [0.1, 0.15) is 12.4 Å². The molecule has 6 heteroatoms. The lowest BCUT2D eigenvalue weighted by Gasteiger charge is -2.35. The van der Waals surface area contributed by atoms with E-state index >= 15 is 0 Å². The Kier molecular flexibility index (Phi) is 5.37. The van der Waals surface area contributed by atoms with Gasteiger partial charge in [0.15, 0.2) is 0 Å². The van der Waals surface area contributed by atoms with Gasteiger partial charge in [-0.2, -0.15) is 0 Å². The minimum atomic E-state index is -0.983. The Labute approximate surface area is 130 Å².